The first kappa shape index (κ1) is 10.8. The quantitative estimate of drug-likeness (QED) is 0.422. The van der Waals surface area contributed by atoms with Gasteiger partial charge in [0.25, 0.3) is 0 Å². The molecule has 0 fully saturated rings. The van der Waals surface area contributed by atoms with Gasteiger partial charge in [-0.3, -0.25) is 4.79 Å². The topological polar surface area (TPSA) is 38.3 Å². The van der Waals surface area contributed by atoms with E-state index in [0.29, 0.717) is 6.54 Å². The number of hydrogen-bond donors (Lipinski definition) is 1. The first-order valence-electron chi connectivity index (χ1n) is 3.21. The molecular weight excluding hydrogens is 217 g/mol. The first-order chi connectivity index (χ1) is 5.22. The third-order valence-electron chi connectivity index (χ3n) is 1.05. The van der Waals surface area contributed by atoms with Gasteiger partial charge < -0.3 is 10.1 Å². The average Bonchev–Trinajstić information content (AvgIpc) is 2.03. The molecule has 1 unspecified atom stereocenters. The van der Waals surface area contributed by atoms with Crippen LogP contribution >= 0.6 is 15.9 Å². The zero-order valence-corrected chi connectivity index (χ0v) is 7.86. The Kier molecular flexibility index (Phi) is 6.45. The van der Waals surface area contributed by atoms with Crippen LogP contribution in [0.4, 0.5) is 4.39 Å². The predicted octanol–water partition coefficient (Wildman–Crippen LogP) is 0.482. The van der Waals surface area contributed by atoms with Crippen molar-refractivity contribution in [1.82, 2.24) is 5.32 Å². The van der Waals surface area contributed by atoms with Crippen molar-refractivity contribution in [2.24, 2.45) is 0 Å². The molecule has 3 nitrogen and oxygen atoms in total. The fourth-order valence-electron chi connectivity index (χ4n) is 0.507. The van der Waals surface area contributed by atoms with Crippen LogP contribution in [0.25, 0.3) is 0 Å². The van der Waals surface area contributed by atoms with E-state index in [0.717, 1.165) is 0 Å². The number of ether oxygens (including phenoxy) is 1. The fraction of sp³-hybridized carbons (Fsp3) is 0.833. The standard InChI is InChI=1S/C6H11BrFNO2/c1-11-6(10)5(7)4-9-3-2-8/h5,9H,2-4H2,1H3. The van der Waals surface area contributed by atoms with Gasteiger partial charge in [0.2, 0.25) is 0 Å². The number of carbonyl (C=O) groups is 1. The second-order valence-corrected chi connectivity index (χ2v) is 2.99. The largest absolute Gasteiger partial charge is 0.468 e. The third-order valence-corrected chi connectivity index (χ3v) is 1.75. The summed E-state index contributed by atoms with van der Waals surface area (Å²) in [6, 6.07) is 0. The fourth-order valence-corrected chi connectivity index (χ4v) is 0.923. The number of nitrogens with one attached hydrogen (secondary N) is 1. The highest BCUT2D eigenvalue weighted by atomic mass is 79.9. The summed E-state index contributed by atoms with van der Waals surface area (Å²) in [4.78, 5) is 10.3. The van der Waals surface area contributed by atoms with E-state index in [1.54, 1.807) is 0 Å². The molecule has 1 atom stereocenters. The molecule has 0 aromatic heterocycles. The molecular formula is C6H11BrFNO2. The van der Waals surface area contributed by atoms with Gasteiger partial charge in [-0.1, -0.05) is 15.9 Å². The molecule has 0 aliphatic heterocycles. The molecule has 1 N–H and O–H groups in total. The molecule has 0 spiro atoms. The Bertz CT molecular complexity index is 123. The number of hydrogen-bond acceptors (Lipinski definition) is 3. The summed E-state index contributed by atoms with van der Waals surface area (Å²) in [5, 5.41) is 2.73. The van der Waals surface area contributed by atoms with Gasteiger partial charge in [0, 0.05) is 13.1 Å². The van der Waals surface area contributed by atoms with Crippen molar-refractivity contribution in [3.8, 4) is 0 Å². The molecule has 66 valence electrons. The Labute approximate surface area is 73.4 Å². The van der Waals surface area contributed by atoms with Gasteiger partial charge in [-0.25, -0.2) is 4.39 Å². The zero-order chi connectivity index (χ0) is 8.69. The maximum atomic E-state index is 11.5. The molecule has 0 amide bonds. The lowest BCUT2D eigenvalue weighted by Crippen LogP contribution is -2.30. The number of rotatable bonds is 5. The molecule has 5 heteroatoms. The van der Waals surface area contributed by atoms with E-state index in [-0.39, 0.29) is 17.3 Å². The number of esters is 1. The van der Waals surface area contributed by atoms with Gasteiger partial charge in [0.05, 0.1) is 7.11 Å². The summed E-state index contributed by atoms with van der Waals surface area (Å²) in [6.07, 6.45) is 0. The van der Waals surface area contributed by atoms with E-state index in [1.165, 1.54) is 7.11 Å². The number of halogens is 2. The van der Waals surface area contributed by atoms with E-state index >= 15 is 0 Å². The zero-order valence-electron chi connectivity index (χ0n) is 6.27. The van der Waals surface area contributed by atoms with Crippen LogP contribution in [0.2, 0.25) is 0 Å². The van der Waals surface area contributed by atoms with Crippen LogP contribution in [-0.2, 0) is 9.53 Å². The minimum Gasteiger partial charge on any atom is -0.468 e. The lowest BCUT2D eigenvalue weighted by molar-refractivity contribution is -0.139. The molecule has 0 bridgehead atoms. The van der Waals surface area contributed by atoms with Crippen molar-refractivity contribution in [3.05, 3.63) is 0 Å². The highest BCUT2D eigenvalue weighted by Crippen LogP contribution is 1.99. The minimum atomic E-state index is -0.430. The first-order valence-corrected chi connectivity index (χ1v) is 4.12. The number of carbonyl (C=O) groups excluding carboxylic acids is 1. The van der Waals surface area contributed by atoms with Crippen molar-refractivity contribution in [2.45, 2.75) is 4.83 Å². The summed E-state index contributed by atoms with van der Waals surface area (Å²) in [7, 11) is 1.31. The molecule has 0 saturated carbocycles. The van der Waals surface area contributed by atoms with E-state index in [1.807, 2.05) is 0 Å². The average molecular weight is 228 g/mol. The van der Waals surface area contributed by atoms with Gasteiger partial charge in [-0.15, -0.1) is 0 Å². The van der Waals surface area contributed by atoms with Gasteiger partial charge >= 0.3 is 5.97 Å². The van der Waals surface area contributed by atoms with Gasteiger partial charge in [0.15, 0.2) is 0 Å². The Hall–Kier alpha value is -0.160. The molecule has 0 aliphatic carbocycles. The highest BCUT2D eigenvalue weighted by Gasteiger charge is 2.13. The molecule has 0 aliphatic rings. The maximum absolute atomic E-state index is 11.5. The van der Waals surface area contributed by atoms with Crippen molar-refractivity contribution in [2.75, 3.05) is 26.9 Å². The van der Waals surface area contributed by atoms with Crippen molar-refractivity contribution in [3.63, 3.8) is 0 Å². The van der Waals surface area contributed by atoms with E-state index in [2.05, 4.69) is 26.0 Å². The monoisotopic (exact) mass is 227 g/mol. The summed E-state index contributed by atoms with van der Waals surface area (Å²) in [5.41, 5.74) is 0. The SMILES string of the molecule is COC(=O)C(Br)CNCCF. The molecule has 0 rings (SSSR count). The van der Waals surface area contributed by atoms with Gasteiger partial charge in [0.1, 0.15) is 11.5 Å². The Morgan fingerprint density at radius 3 is 2.91 bits per heavy atom. The summed E-state index contributed by atoms with van der Waals surface area (Å²) in [6.45, 7) is 0.219. The lowest BCUT2D eigenvalue weighted by atomic mass is 10.4. The Balaban J connectivity index is 3.36. The van der Waals surface area contributed by atoms with Gasteiger partial charge in [-0.05, 0) is 0 Å². The smallest absolute Gasteiger partial charge is 0.320 e. The highest BCUT2D eigenvalue weighted by molar-refractivity contribution is 9.10. The van der Waals surface area contributed by atoms with Crippen molar-refractivity contribution in [1.29, 1.82) is 0 Å². The molecule has 0 heterocycles. The van der Waals surface area contributed by atoms with Crippen molar-refractivity contribution < 1.29 is 13.9 Å². The third kappa shape index (κ3) is 5.15. The minimum absolute atomic E-state index is 0.263. The van der Waals surface area contributed by atoms with Crippen LogP contribution in [0.1, 0.15) is 0 Å². The van der Waals surface area contributed by atoms with Crippen molar-refractivity contribution >= 4 is 21.9 Å². The summed E-state index contributed by atoms with van der Waals surface area (Å²) in [5.74, 6) is -0.351. The van der Waals surface area contributed by atoms with Crippen LogP contribution in [0.3, 0.4) is 0 Å². The predicted molar refractivity (Wildman–Crippen MR) is 43.6 cm³/mol. The molecule has 11 heavy (non-hydrogen) atoms. The number of alkyl halides is 2. The number of methoxy groups -OCH3 is 1. The molecule has 0 radical (unpaired) electrons. The summed E-state index contributed by atoms with van der Waals surface area (Å²) < 4.78 is 16.0. The van der Waals surface area contributed by atoms with Crippen LogP contribution in [0.5, 0.6) is 0 Å². The lowest BCUT2D eigenvalue weighted by Gasteiger charge is -2.06. The Morgan fingerprint density at radius 2 is 2.45 bits per heavy atom. The van der Waals surface area contributed by atoms with Gasteiger partial charge in [-0.2, -0.15) is 0 Å². The van der Waals surface area contributed by atoms with E-state index in [4.69, 9.17) is 0 Å². The van der Waals surface area contributed by atoms with E-state index in [9.17, 15) is 9.18 Å². The van der Waals surface area contributed by atoms with Crippen LogP contribution in [-0.4, -0.2) is 37.7 Å². The van der Waals surface area contributed by atoms with Crippen LogP contribution in [0.15, 0.2) is 0 Å². The second kappa shape index (κ2) is 6.54. The second-order valence-electron chi connectivity index (χ2n) is 1.88. The van der Waals surface area contributed by atoms with Crippen LogP contribution in [0, 0.1) is 0 Å². The molecule has 0 aromatic carbocycles. The van der Waals surface area contributed by atoms with E-state index < -0.39 is 6.67 Å². The molecule has 0 saturated heterocycles. The molecule has 0 aromatic rings. The Morgan fingerprint density at radius 1 is 1.82 bits per heavy atom. The normalized spacial score (nSPS) is 12.6. The van der Waals surface area contributed by atoms with Crippen LogP contribution < -0.4 is 5.32 Å². The summed E-state index contributed by atoms with van der Waals surface area (Å²) >= 11 is 3.07. The maximum Gasteiger partial charge on any atom is 0.320 e.